The first-order valence-corrected chi connectivity index (χ1v) is 10.5. The van der Waals surface area contributed by atoms with Crippen LogP contribution in [0.25, 0.3) is 0 Å². The van der Waals surface area contributed by atoms with Crippen molar-refractivity contribution in [2.45, 2.75) is 5.12 Å². The van der Waals surface area contributed by atoms with Crippen LogP contribution in [0.2, 0.25) is 0 Å². The smallest absolute Gasteiger partial charge is 0.147 e. The highest BCUT2D eigenvalue weighted by Crippen LogP contribution is 2.44. The first-order valence-electron chi connectivity index (χ1n) is 7.29. The van der Waals surface area contributed by atoms with Crippen LogP contribution in [0.15, 0.2) is 66.4 Å². The summed E-state index contributed by atoms with van der Waals surface area (Å²) in [5.41, 5.74) is 0.444. The van der Waals surface area contributed by atoms with E-state index >= 15 is 0 Å². The summed E-state index contributed by atoms with van der Waals surface area (Å²) in [7, 11) is -0.882. The molecule has 2 rings (SSSR count). The van der Waals surface area contributed by atoms with Gasteiger partial charge in [0.1, 0.15) is 16.8 Å². The molecule has 5 heteroatoms. The fourth-order valence-electron chi connectivity index (χ4n) is 2.17. The average Bonchev–Trinajstić information content (AvgIpc) is 2.61. The van der Waals surface area contributed by atoms with Gasteiger partial charge in [-0.05, 0) is 24.8 Å². The summed E-state index contributed by atoms with van der Waals surface area (Å²) in [5, 5.41) is 5.02. The molecule has 0 amide bonds. The number of benzene rings is 2. The van der Waals surface area contributed by atoms with Gasteiger partial charge in [-0.3, -0.25) is 0 Å². The summed E-state index contributed by atoms with van der Waals surface area (Å²) in [6.45, 7) is 0.710. The number of thioether (sulfide) groups is 1. The van der Waals surface area contributed by atoms with Crippen LogP contribution >= 0.6 is 31.3 Å². The third-order valence-corrected chi connectivity index (χ3v) is 7.10. The van der Waals surface area contributed by atoms with E-state index in [-0.39, 0.29) is 0 Å². The Balaban J connectivity index is 2.32. The van der Waals surface area contributed by atoms with Crippen LogP contribution in [-0.2, 0) is 4.79 Å². The fraction of sp³-hybridized carbons (Fsp3) is 0.222. The molecule has 2 nitrogen and oxygen atoms in total. The Labute approximate surface area is 148 Å². The lowest BCUT2D eigenvalue weighted by molar-refractivity contribution is 0.564. The van der Waals surface area contributed by atoms with E-state index in [1.54, 1.807) is 11.8 Å². The molecule has 0 aliphatic rings. The van der Waals surface area contributed by atoms with Crippen LogP contribution in [0, 0.1) is 0 Å². The van der Waals surface area contributed by atoms with E-state index in [0.717, 1.165) is 16.4 Å². The van der Waals surface area contributed by atoms with Gasteiger partial charge in [0.05, 0.1) is 0 Å². The molecule has 0 fully saturated rings. The number of carbonyl (C=O) groups excluding carboxylic acids is 1. The van der Waals surface area contributed by atoms with E-state index in [2.05, 4.69) is 29.6 Å². The van der Waals surface area contributed by atoms with Gasteiger partial charge in [-0.15, -0.1) is 11.6 Å². The zero-order valence-corrected chi connectivity index (χ0v) is 15.4. The standard InChI is InChI=1S/C18H19ClNOPS/c1-23-13-12-20-17(14-21)18(19)22(15-8-4-2-5-9-15)16-10-6-3-7-11-16/h2-11,18,20H,12-13H2,1H3. The largest absolute Gasteiger partial charge is 0.377 e. The van der Waals surface area contributed by atoms with Gasteiger partial charge in [0.25, 0.3) is 0 Å². The Bertz CT molecular complexity index is 607. The van der Waals surface area contributed by atoms with Gasteiger partial charge in [-0.25, -0.2) is 4.79 Å². The zero-order chi connectivity index (χ0) is 16.5. The minimum atomic E-state index is -0.882. The monoisotopic (exact) mass is 363 g/mol. The van der Waals surface area contributed by atoms with Crippen molar-refractivity contribution in [1.82, 2.24) is 5.32 Å². The number of nitrogens with one attached hydrogen (secondary N) is 1. The lowest BCUT2D eigenvalue weighted by Gasteiger charge is -2.25. The van der Waals surface area contributed by atoms with Crippen LogP contribution in [0.1, 0.15) is 0 Å². The van der Waals surface area contributed by atoms with E-state index < -0.39 is 13.0 Å². The van der Waals surface area contributed by atoms with Crippen LogP contribution in [0.5, 0.6) is 0 Å². The summed E-state index contributed by atoms with van der Waals surface area (Å²) in [4.78, 5) is 11.4. The highest BCUT2D eigenvalue weighted by molar-refractivity contribution is 7.98. The summed E-state index contributed by atoms with van der Waals surface area (Å²) in [6, 6.07) is 20.3. The molecule has 0 spiro atoms. The van der Waals surface area contributed by atoms with Crippen LogP contribution < -0.4 is 15.9 Å². The maximum atomic E-state index is 11.4. The molecule has 0 aliphatic carbocycles. The molecular formula is C18H19ClNOPS. The van der Waals surface area contributed by atoms with Crippen molar-refractivity contribution < 1.29 is 4.79 Å². The molecule has 120 valence electrons. The summed E-state index contributed by atoms with van der Waals surface area (Å²) in [5.74, 6) is 2.93. The first-order chi connectivity index (χ1) is 11.3. The fourth-order valence-corrected chi connectivity index (χ4v) is 5.49. The van der Waals surface area contributed by atoms with Crippen molar-refractivity contribution in [3.05, 3.63) is 66.4 Å². The Morgan fingerprint density at radius 3 is 2.09 bits per heavy atom. The number of hydrogen-bond acceptors (Lipinski definition) is 3. The number of allylic oxidation sites excluding steroid dienone is 1. The van der Waals surface area contributed by atoms with Gasteiger partial charge in [0, 0.05) is 12.3 Å². The van der Waals surface area contributed by atoms with Gasteiger partial charge >= 0.3 is 0 Å². The molecule has 1 atom stereocenters. The molecule has 0 heterocycles. The first kappa shape index (κ1) is 18.1. The molecule has 23 heavy (non-hydrogen) atoms. The maximum absolute atomic E-state index is 11.4. The van der Waals surface area contributed by atoms with Crippen molar-refractivity contribution in [2.75, 3.05) is 18.6 Å². The number of hydrogen-bond donors (Lipinski definition) is 1. The molecule has 0 aromatic heterocycles. The van der Waals surface area contributed by atoms with E-state index in [0.29, 0.717) is 12.2 Å². The molecule has 2 aromatic rings. The van der Waals surface area contributed by atoms with E-state index in [1.165, 1.54) is 0 Å². The van der Waals surface area contributed by atoms with Crippen molar-refractivity contribution >= 4 is 47.8 Å². The molecular weight excluding hydrogens is 345 g/mol. The molecule has 1 N–H and O–H groups in total. The van der Waals surface area contributed by atoms with Gasteiger partial charge in [0.2, 0.25) is 0 Å². The van der Waals surface area contributed by atoms with Gasteiger partial charge < -0.3 is 5.32 Å². The highest BCUT2D eigenvalue weighted by Gasteiger charge is 2.26. The Morgan fingerprint density at radius 2 is 1.65 bits per heavy atom. The maximum Gasteiger partial charge on any atom is 0.147 e. The van der Waals surface area contributed by atoms with Crippen molar-refractivity contribution in [2.24, 2.45) is 0 Å². The number of alkyl halides is 1. The highest BCUT2D eigenvalue weighted by atomic mass is 35.5. The lowest BCUT2D eigenvalue weighted by atomic mass is 10.4. The number of rotatable bonds is 8. The van der Waals surface area contributed by atoms with Gasteiger partial charge in [-0.1, -0.05) is 60.7 Å². The quantitative estimate of drug-likeness (QED) is 0.337. The van der Waals surface area contributed by atoms with Crippen LogP contribution in [0.4, 0.5) is 0 Å². The van der Waals surface area contributed by atoms with Crippen molar-refractivity contribution in [1.29, 1.82) is 0 Å². The number of halogens is 1. The molecule has 0 saturated carbocycles. The van der Waals surface area contributed by atoms with Gasteiger partial charge in [-0.2, -0.15) is 11.8 Å². The predicted molar refractivity (Wildman–Crippen MR) is 104 cm³/mol. The molecule has 0 aliphatic heterocycles. The molecule has 0 radical (unpaired) electrons. The third kappa shape index (κ3) is 5.12. The minimum absolute atomic E-state index is 0.422. The Kier molecular flexibility index (Phi) is 7.71. The zero-order valence-electron chi connectivity index (χ0n) is 12.9. The van der Waals surface area contributed by atoms with E-state index in [4.69, 9.17) is 11.6 Å². The summed E-state index contributed by atoms with van der Waals surface area (Å²) in [6.07, 6.45) is 2.03. The summed E-state index contributed by atoms with van der Waals surface area (Å²) < 4.78 is 0. The normalized spacial score (nSPS) is 11.8. The summed E-state index contributed by atoms with van der Waals surface area (Å²) >= 11 is 8.44. The Morgan fingerprint density at radius 1 is 1.13 bits per heavy atom. The van der Waals surface area contributed by atoms with Crippen molar-refractivity contribution in [3.63, 3.8) is 0 Å². The molecule has 2 aromatic carbocycles. The predicted octanol–water partition coefficient (Wildman–Crippen LogP) is 3.35. The topological polar surface area (TPSA) is 29.1 Å². The van der Waals surface area contributed by atoms with Crippen LogP contribution in [-0.4, -0.2) is 29.6 Å². The molecule has 1 unspecified atom stereocenters. The molecule has 0 saturated heterocycles. The van der Waals surface area contributed by atoms with E-state index in [1.807, 2.05) is 48.6 Å². The SMILES string of the molecule is CSCCNC(=C=O)C(Cl)P(c1ccccc1)c1ccccc1. The minimum Gasteiger partial charge on any atom is -0.377 e. The van der Waals surface area contributed by atoms with Crippen LogP contribution in [0.3, 0.4) is 0 Å². The van der Waals surface area contributed by atoms with E-state index in [9.17, 15) is 4.79 Å². The average molecular weight is 364 g/mol. The third-order valence-electron chi connectivity index (χ3n) is 3.27. The lowest BCUT2D eigenvalue weighted by Crippen LogP contribution is -2.28. The Hall–Kier alpha value is -1.24. The second-order valence-electron chi connectivity index (χ2n) is 4.81. The van der Waals surface area contributed by atoms with Gasteiger partial charge in [0.15, 0.2) is 0 Å². The second kappa shape index (κ2) is 9.80. The molecule has 0 bridgehead atoms. The van der Waals surface area contributed by atoms with Crippen molar-refractivity contribution in [3.8, 4) is 0 Å². The second-order valence-corrected chi connectivity index (χ2v) is 8.83.